The van der Waals surface area contributed by atoms with Gasteiger partial charge in [-0.05, 0) is 12.5 Å². The van der Waals surface area contributed by atoms with Crippen LogP contribution in [-0.2, 0) is 4.74 Å². The van der Waals surface area contributed by atoms with Crippen molar-refractivity contribution in [2.75, 3.05) is 19.9 Å². The molecule has 0 aliphatic carbocycles. The number of rotatable bonds is 2. The summed E-state index contributed by atoms with van der Waals surface area (Å²) in [4.78, 5) is 23.1. The first-order chi connectivity index (χ1) is 7.02. The van der Waals surface area contributed by atoms with Gasteiger partial charge in [-0.2, -0.15) is 0 Å². The lowest BCUT2D eigenvalue weighted by atomic mass is 10.1. The predicted molar refractivity (Wildman–Crippen MR) is 58.2 cm³/mol. The monoisotopic (exact) mass is 228 g/mol. The largest absolute Gasteiger partial charge is 0.465 e. The second kappa shape index (κ2) is 4.31. The molecule has 0 unspecified atom stereocenters. The fraction of sp³-hybridized carbons (Fsp3) is 0.333. The summed E-state index contributed by atoms with van der Waals surface area (Å²) in [5, 5.41) is 2.79. The van der Waals surface area contributed by atoms with Crippen molar-refractivity contribution in [1.82, 2.24) is 5.32 Å². The van der Waals surface area contributed by atoms with Crippen LogP contribution >= 0.6 is 11.3 Å². The summed E-state index contributed by atoms with van der Waals surface area (Å²) in [5.74, 6) is -0.768. The van der Waals surface area contributed by atoms with Crippen LogP contribution in [0.15, 0.2) is 0 Å². The Kier molecular flexibility index (Phi) is 3.31. The standard InChI is InChI=1S/C9H12N2O3S/c1-4-5(8(12)11-2)7(10)15-6(4)9(13)14-3/h10H2,1-3H3,(H,11,12). The first-order valence-corrected chi connectivity index (χ1v) is 5.03. The zero-order valence-electron chi connectivity index (χ0n) is 8.71. The third-order valence-corrected chi connectivity index (χ3v) is 3.10. The van der Waals surface area contributed by atoms with Gasteiger partial charge in [-0.1, -0.05) is 0 Å². The van der Waals surface area contributed by atoms with E-state index in [1.54, 1.807) is 6.92 Å². The molecule has 15 heavy (non-hydrogen) atoms. The zero-order chi connectivity index (χ0) is 11.6. The van der Waals surface area contributed by atoms with E-state index < -0.39 is 5.97 Å². The number of methoxy groups -OCH3 is 1. The van der Waals surface area contributed by atoms with Gasteiger partial charge in [0.1, 0.15) is 4.88 Å². The van der Waals surface area contributed by atoms with Crippen LogP contribution in [0.5, 0.6) is 0 Å². The van der Waals surface area contributed by atoms with Crippen LogP contribution in [0.4, 0.5) is 5.00 Å². The SMILES string of the molecule is CNC(=O)c1c(N)sc(C(=O)OC)c1C. The number of amides is 1. The number of hydrogen-bond donors (Lipinski definition) is 2. The number of hydrogen-bond acceptors (Lipinski definition) is 5. The minimum absolute atomic E-state index is 0.295. The minimum atomic E-state index is -0.473. The van der Waals surface area contributed by atoms with Gasteiger partial charge in [0.15, 0.2) is 0 Å². The van der Waals surface area contributed by atoms with Crippen molar-refractivity contribution in [3.8, 4) is 0 Å². The quantitative estimate of drug-likeness (QED) is 0.733. The van der Waals surface area contributed by atoms with Gasteiger partial charge in [-0.15, -0.1) is 11.3 Å². The molecule has 82 valence electrons. The summed E-state index contributed by atoms with van der Waals surface area (Å²) in [6, 6.07) is 0. The van der Waals surface area contributed by atoms with Gasteiger partial charge in [0.05, 0.1) is 17.7 Å². The number of thiophene rings is 1. The lowest BCUT2D eigenvalue weighted by Gasteiger charge is -2.00. The summed E-state index contributed by atoms with van der Waals surface area (Å²) >= 11 is 1.06. The average molecular weight is 228 g/mol. The van der Waals surface area contributed by atoms with Crippen LogP contribution in [0.3, 0.4) is 0 Å². The van der Waals surface area contributed by atoms with E-state index in [9.17, 15) is 9.59 Å². The van der Waals surface area contributed by atoms with Crippen molar-refractivity contribution < 1.29 is 14.3 Å². The van der Waals surface area contributed by atoms with Gasteiger partial charge in [0, 0.05) is 7.05 Å². The molecule has 1 aromatic rings. The first kappa shape index (κ1) is 11.5. The van der Waals surface area contributed by atoms with Crippen molar-refractivity contribution in [2.45, 2.75) is 6.92 Å². The van der Waals surface area contributed by atoms with Crippen LogP contribution in [0.25, 0.3) is 0 Å². The van der Waals surface area contributed by atoms with Crippen LogP contribution in [0.1, 0.15) is 25.6 Å². The Morgan fingerprint density at radius 1 is 1.47 bits per heavy atom. The minimum Gasteiger partial charge on any atom is -0.465 e. The number of anilines is 1. The molecule has 0 aliphatic rings. The number of ether oxygens (including phenoxy) is 1. The van der Waals surface area contributed by atoms with Gasteiger partial charge in [-0.25, -0.2) is 4.79 Å². The van der Waals surface area contributed by atoms with Crippen LogP contribution < -0.4 is 11.1 Å². The molecule has 3 N–H and O–H groups in total. The lowest BCUT2D eigenvalue weighted by molar-refractivity contribution is 0.0605. The molecule has 1 rings (SSSR count). The molecule has 1 heterocycles. The lowest BCUT2D eigenvalue weighted by Crippen LogP contribution is -2.19. The molecule has 0 atom stereocenters. The van der Waals surface area contributed by atoms with Gasteiger partial charge < -0.3 is 15.8 Å². The molecule has 0 saturated heterocycles. The van der Waals surface area contributed by atoms with Gasteiger partial charge in [0.2, 0.25) is 0 Å². The second-order valence-corrected chi connectivity index (χ2v) is 3.92. The van der Waals surface area contributed by atoms with Crippen molar-refractivity contribution in [3.63, 3.8) is 0 Å². The number of carbonyl (C=O) groups excluding carboxylic acids is 2. The molecule has 0 aliphatic heterocycles. The van der Waals surface area contributed by atoms with E-state index in [-0.39, 0.29) is 5.91 Å². The molecule has 0 spiro atoms. The van der Waals surface area contributed by atoms with Crippen molar-refractivity contribution in [1.29, 1.82) is 0 Å². The topological polar surface area (TPSA) is 81.4 Å². The maximum absolute atomic E-state index is 11.4. The third kappa shape index (κ3) is 1.94. The first-order valence-electron chi connectivity index (χ1n) is 4.22. The van der Waals surface area contributed by atoms with E-state index in [0.29, 0.717) is 21.0 Å². The Labute approximate surface area is 91.2 Å². The number of carbonyl (C=O) groups is 2. The molecule has 0 bridgehead atoms. The van der Waals surface area contributed by atoms with E-state index in [1.807, 2.05) is 0 Å². The van der Waals surface area contributed by atoms with E-state index in [2.05, 4.69) is 10.1 Å². The third-order valence-electron chi connectivity index (χ3n) is 2.00. The second-order valence-electron chi connectivity index (χ2n) is 2.87. The molecule has 6 heteroatoms. The van der Waals surface area contributed by atoms with E-state index >= 15 is 0 Å². The molecular weight excluding hydrogens is 216 g/mol. The van der Waals surface area contributed by atoms with E-state index in [4.69, 9.17) is 5.73 Å². The van der Waals surface area contributed by atoms with E-state index in [0.717, 1.165) is 11.3 Å². The van der Waals surface area contributed by atoms with Crippen molar-refractivity contribution in [2.24, 2.45) is 0 Å². The summed E-state index contributed by atoms with van der Waals surface area (Å²) < 4.78 is 4.58. The Morgan fingerprint density at radius 2 is 2.07 bits per heavy atom. The molecule has 0 radical (unpaired) electrons. The molecule has 0 aromatic carbocycles. The van der Waals surface area contributed by atoms with Crippen LogP contribution in [0.2, 0.25) is 0 Å². The van der Waals surface area contributed by atoms with Gasteiger partial charge in [-0.3, -0.25) is 4.79 Å². The predicted octanol–water partition coefficient (Wildman–Crippen LogP) is 0.785. The Balaban J connectivity index is 3.26. The molecule has 1 aromatic heterocycles. The summed E-state index contributed by atoms with van der Waals surface area (Å²) in [6.45, 7) is 1.67. The Morgan fingerprint density at radius 3 is 2.53 bits per heavy atom. The molecule has 1 amide bonds. The summed E-state index contributed by atoms with van der Waals surface area (Å²) in [7, 11) is 2.80. The smallest absolute Gasteiger partial charge is 0.348 e. The highest BCUT2D eigenvalue weighted by Crippen LogP contribution is 2.30. The number of nitrogen functional groups attached to an aromatic ring is 1. The Hall–Kier alpha value is -1.56. The molecule has 0 fully saturated rings. The fourth-order valence-corrected chi connectivity index (χ4v) is 2.22. The molecule has 0 saturated carbocycles. The van der Waals surface area contributed by atoms with Crippen molar-refractivity contribution >= 4 is 28.2 Å². The maximum atomic E-state index is 11.4. The highest BCUT2D eigenvalue weighted by molar-refractivity contribution is 7.18. The van der Waals surface area contributed by atoms with Gasteiger partial charge >= 0.3 is 5.97 Å². The fourth-order valence-electron chi connectivity index (χ4n) is 1.23. The van der Waals surface area contributed by atoms with Gasteiger partial charge in [0.25, 0.3) is 5.91 Å². The summed E-state index contributed by atoms with van der Waals surface area (Å²) in [6.07, 6.45) is 0. The zero-order valence-corrected chi connectivity index (χ0v) is 9.53. The normalized spacial score (nSPS) is 9.80. The number of nitrogens with one attached hydrogen (secondary N) is 1. The molecule has 5 nitrogen and oxygen atoms in total. The number of nitrogens with two attached hydrogens (primary N) is 1. The Bertz CT molecular complexity index is 412. The van der Waals surface area contributed by atoms with Crippen LogP contribution in [-0.4, -0.2) is 26.0 Å². The average Bonchev–Trinajstić information content (AvgIpc) is 2.52. The highest BCUT2D eigenvalue weighted by atomic mass is 32.1. The number of esters is 1. The van der Waals surface area contributed by atoms with E-state index in [1.165, 1.54) is 14.2 Å². The van der Waals surface area contributed by atoms with Crippen LogP contribution in [0, 0.1) is 6.92 Å². The van der Waals surface area contributed by atoms with Crippen molar-refractivity contribution in [3.05, 3.63) is 16.0 Å². The molecular formula is C9H12N2O3S. The summed E-state index contributed by atoms with van der Waals surface area (Å²) in [5.41, 5.74) is 6.57. The maximum Gasteiger partial charge on any atom is 0.348 e. The highest BCUT2D eigenvalue weighted by Gasteiger charge is 2.22.